The number of rotatable bonds is 5. The van der Waals surface area contributed by atoms with Gasteiger partial charge in [0.2, 0.25) is 5.70 Å². The molecule has 0 aliphatic rings. The van der Waals surface area contributed by atoms with Gasteiger partial charge in [-0.25, -0.2) is 15.0 Å². The summed E-state index contributed by atoms with van der Waals surface area (Å²) < 4.78 is 13.9. The van der Waals surface area contributed by atoms with E-state index in [4.69, 9.17) is 5.84 Å². The molecule has 0 atom stereocenters. The second kappa shape index (κ2) is 6.84. The zero-order valence-corrected chi connectivity index (χ0v) is 11.9. The first-order chi connectivity index (χ1) is 10.5. The summed E-state index contributed by atoms with van der Waals surface area (Å²) in [6, 6.07) is 15.1. The van der Waals surface area contributed by atoms with Gasteiger partial charge in [0.1, 0.15) is 11.5 Å². The van der Waals surface area contributed by atoms with Crippen LogP contribution in [0, 0.1) is 5.82 Å². The quantitative estimate of drug-likeness (QED) is 0.440. The Hall–Kier alpha value is -2.70. The molecule has 2 aromatic rings. The zero-order valence-electron chi connectivity index (χ0n) is 11.9. The lowest BCUT2D eigenvalue weighted by Crippen LogP contribution is -2.55. The molecule has 6 N–H and O–H groups in total. The largest absolute Gasteiger partial charge is 0.474 e. The summed E-state index contributed by atoms with van der Waals surface area (Å²) in [5.41, 5.74) is 4.55. The molecule has 0 bridgehead atoms. The van der Waals surface area contributed by atoms with Crippen molar-refractivity contribution >= 4 is 11.7 Å². The molecule has 114 valence electrons. The maximum absolute atomic E-state index is 13.9. The van der Waals surface area contributed by atoms with E-state index in [9.17, 15) is 14.3 Å². The first-order valence-corrected chi connectivity index (χ1v) is 6.62. The van der Waals surface area contributed by atoms with Gasteiger partial charge in [0.05, 0.1) is 5.69 Å². The smallest absolute Gasteiger partial charge is 0.392 e. The van der Waals surface area contributed by atoms with Crippen molar-refractivity contribution in [1.29, 1.82) is 0 Å². The van der Waals surface area contributed by atoms with Gasteiger partial charge in [-0.05, 0) is 17.7 Å². The van der Waals surface area contributed by atoms with E-state index in [1.54, 1.807) is 6.07 Å². The monoisotopic (exact) mass is 302 g/mol. The number of aliphatic carboxylic acids is 1. The predicted molar refractivity (Wildman–Crippen MR) is 80.8 cm³/mol. The van der Waals surface area contributed by atoms with Crippen LogP contribution in [-0.4, -0.2) is 11.1 Å². The summed E-state index contributed by atoms with van der Waals surface area (Å²) in [5.74, 6) is 4.23. The van der Waals surface area contributed by atoms with Crippen molar-refractivity contribution in [2.75, 3.05) is 5.01 Å². The number of carboxylic acid groups (broad SMARTS) is 1. The van der Waals surface area contributed by atoms with Crippen molar-refractivity contribution < 1.29 is 20.0 Å². The fourth-order valence-corrected chi connectivity index (χ4v) is 2.04. The number of quaternary nitrogens is 1. The van der Waals surface area contributed by atoms with Gasteiger partial charge >= 0.3 is 5.97 Å². The molecule has 0 fully saturated rings. The number of hydrogen-bond acceptors (Lipinski definition) is 3. The third kappa shape index (κ3) is 3.49. The van der Waals surface area contributed by atoms with Crippen molar-refractivity contribution in [2.24, 2.45) is 5.84 Å². The minimum Gasteiger partial charge on any atom is -0.474 e. The highest BCUT2D eigenvalue weighted by atomic mass is 19.1. The van der Waals surface area contributed by atoms with Gasteiger partial charge in [0.25, 0.3) is 0 Å². The van der Waals surface area contributed by atoms with E-state index in [2.05, 4.69) is 5.73 Å². The topological polar surface area (TPSA) is 94.2 Å². The number of benzene rings is 2. The number of hydrazine groups is 1. The molecule has 2 rings (SSSR count). The number of nitrogens with two attached hydrogens (primary N) is 1. The molecule has 0 heterocycles. The van der Waals surface area contributed by atoms with Gasteiger partial charge in [0, 0.05) is 6.42 Å². The third-order valence-electron chi connectivity index (χ3n) is 3.22. The molecule has 5 nitrogen and oxygen atoms in total. The minimum absolute atomic E-state index is 0.0934. The number of para-hydroxylation sites is 1. The van der Waals surface area contributed by atoms with Crippen LogP contribution >= 0.6 is 0 Å². The third-order valence-corrected chi connectivity index (χ3v) is 3.22. The maximum Gasteiger partial charge on any atom is 0.392 e. The Morgan fingerprint density at radius 1 is 1.14 bits per heavy atom. The highest BCUT2D eigenvalue weighted by Crippen LogP contribution is 2.22. The van der Waals surface area contributed by atoms with Crippen LogP contribution in [-0.2, 0) is 11.2 Å². The predicted octanol–water partition coefficient (Wildman–Crippen LogP) is 1.29. The van der Waals surface area contributed by atoms with Crippen LogP contribution in [0.4, 0.5) is 10.1 Å². The number of carbonyl (C=O) groups is 1. The molecule has 22 heavy (non-hydrogen) atoms. The first kappa shape index (κ1) is 15.7. The Labute approximate surface area is 127 Å². The van der Waals surface area contributed by atoms with Crippen molar-refractivity contribution in [2.45, 2.75) is 6.42 Å². The number of anilines is 1. The van der Waals surface area contributed by atoms with Gasteiger partial charge in [-0.3, -0.25) is 5.01 Å². The number of carboxylic acids is 1. The summed E-state index contributed by atoms with van der Waals surface area (Å²) in [5, 5.41) is 10.2. The van der Waals surface area contributed by atoms with E-state index >= 15 is 0 Å². The highest BCUT2D eigenvalue weighted by Gasteiger charge is 2.22. The maximum atomic E-state index is 13.9. The van der Waals surface area contributed by atoms with E-state index in [-0.39, 0.29) is 23.5 Å². The molecule has 0 unspecified atom stereocenters. The molecule has 0 saturated heterocycles. The van der Waals surface area contributed by atoms with Gasteiger partial charge in [0.15, 0.2) is 0 Å². The number of halogens is 1. The van der Waals surface area contributed by atoms with E-state index in [0.717, 1.165) is 10.6 Å². The summed E-state index contributed by atoms with van der Waals surface area (Å²) in [7, 11) is 0. The number of hydrogen-bond donors (Lipinski definition) is 3. The minimum atomic E-state index is -1.20. The van der Waals surface area contributed by atoms with Crippen molar-refractivity contribution in [3.63, 3.8) is 0 Å². The Morgan fingerprint density at radius 2 is 1.73 bits per heavy atom. The van der Waals surface area contributed by atoms with Crippen LogP contribution in [0.25, 0.3) is 0 Å². The van der Waals surface area contributed by atoms with Crippen LogP contribution in [0.5, 0.6) is 0 Å². The molecule has 0 spiro atoms. The van der Waals surface area contributed by atoms with E-state index in [1.165, 1.54) is 18.2 Å². The molecule has 2 aromatic carbocycles. The van der Waals surface area contributed by atoms with Gasteiger partial charge in [-0.1, -0.05) is 42.5 Å². The average molecular weight is 302 g/mol. The van der Waals surface area contributed by atoms with E-state index < -0.39 is 11.8 Å². The second-order valence-electron chi connectivity index (χ2n) is 4.71. The SMILES string of the molecule is NN(/C(Cc1ccccc1)=C(\[NH3+])C(=O)O)c1ccccc1F. The lowest BCUT2D eigenvalue weighted by molar-refractivity contribution is -0.304. The van der Waals surface area contributed by atoms with Gasteiger partial charge in [-0.15, -0.1) is 0 Å². The Bertz CT molecular complexity index is 702. The molecule has 0 radical (unpaired) electrons. The average Bonchev–Trinajstić information content (AvgIpc) is 2.52. The lowest BCUT2D eigenvalue weighted by Gasteiger charge is -2.22. The molecular weight excluding hydrogens is 285 g/mol. The van der Waals surface area contributed by atoms with E-state index in [0.29, 0.717) is 0 Å². The number of allylic oxidation sites excluding steroid dienone is 1. The Kier molecular flexibility index (Phi) is 4.88. The molecule has 0 amide bonds. The fourth-order valence-electron chi connectivity index (χ4n) is 2.04. The molecule has 0 saturated carbocycles. The van der Waals surface area contributed by atoms with Gasteiger partial charge in [-0.2, -0.15) is 0 Å². The van der Waals surface area contributed by atoms with Crippen LogP contribution in [0.3, 0.4) is 0 Å². The second-order valence-corrected chi connectivity index (χ2v) is 4.71. The zero-order chi connectivity index (χ0) is 16.1. The van der Waals surface area contributed by atoms with Crippen LogP contribution < -0.4 is 16.6 Å². The molecule has 6 heteroatoms. The molecular formula is C16H17FN3O2+. The lowest BCUT2D eigenvalue weighted by atomic mass is 10.1. The summed E-state index contributed by atoms with van der Waals surface area (Å²) in [4.78, 5) is 11.3. The summed E-state index contributed by atoms with van der Waals surface area (Å²) in [6.45, 7) is 0. The molecule has 0 aliphatic carbocycles. The van der Waals surface area contributed by atoms with Crippen LogP contribution in [0.2, 0.25) is 0 Å². The number of nitrogens with zero attached hydrogens (tertiary/aromatic N) is 1. The highest BCUT2D eigenvalue weighted by molar-refractivity contribution is 5.85. The van der Waals surface area contributed by atoms with Crippen molar-refractivity contribution in [3.8, 4) is 0 Å². The molecule has 0 aliphatic heterocycles. The van der Waals surface area contributed by atoms with Crippen molar-refractivity contribution in [1.82, 2.24) is 0 Å². The Balaban J connectivity index is 2.44. The first-order valence-electron chi connectivity index (χ1n) is 6.62. The summed E-state index contributed by atoms with van der Waals surface area (Å²) >= 11 is 0. The standard InChI is InChI=1S/C16H16FN3O2/c17-12-8-4-5-9-13(12)20(19)14(15(18)16(21)22)10-11-6-2-1-3-7-11/h1-9H,10,18-19H2,(H,21,22)/p+1/b15-14-. The Morgan fingerprint density at radius 3 is 2.32 bits per heavy atom. The normalized spacial score (nSPS) is 11.8. The molecule has 0 aromatic heterocycles. The summed E-state index contributed by atoms with van der Waals surface area (Å²) in [6.07, 6.45) is 0.233. The van der Waals surface area contributed by atoms with Crippen LogP contribution in [0.1, 0.15) is 5.56 Å². The van der Waals surface area contributed by atoms with Crippen LogP contribution in [0.15, 0.2) is 66.0 Å². The van der Waals surface area contributed by atoms with Gasteiger partial charge < -0.3 is 10.8 Å². The van der Waals surface area contributed by atoms with E-state index in [1.807, 2.05) is 30.3 Å². The fraction of sp³-hybridized carbons (Fsp3) is 0.0625. The van der Waals surface area contributed by atoms with Crippen molar-refractivity contribution in [3.05, 3.63) is 77.4 Å².